The molecule has 0 saturated carbocycles. The number of halogens is 2. The van der Waals surface area contributed by atoms with Gasteiger partial charge in [-0.1, -0.05) is 57.5 Å². The van der Waals surface area contributed by atoms with Crippen molar-refractivity contribution in [2.75, 3.05) is 0 Å². The van der Waals surface area contributed by atoms with Crippen molar-refractivity contribution >= 4 is 56.0 Å². The lowest BCUT2D eigenvalue weighted by Gasteiger charge is -2.21. The van der Waals surface area contributed by atoms with E-state index in [1.54, 1.807) is 0 Å². The van der Waals surface area contributed by atoms with Crippen molar-refractivity contribution < 1.29 is 49.0 Å². The molecule has 0 radical (unpaired) electrons. The first kappa shape index (κ1) is 41.3. The SMILES string of the molecule is O=C(CCCCCCCCC(=O)OC(O)[C@H]1O[C@@H](n2cc(/C=C/Br)c(=O)[nH]c2=O)C[C@@H]1O)OC(O)[C@H]1O[C@@H](n2cc(/C=C/Br)c(=O)[nH]c2=O)C[C@@H]1O. The topological polar surface area (TPSA) is 262 Å². The zero-order chi connectivity index (χ0) is 37.9. The number of nitrogens with zero attached hydrogens (tertiary/aromatic N) is 2. The van der Waals surface area contributed by atoms with Crippen LogP contribution in [0, 0.1) is 0 Å². The highest BCUT2D eigenvalue weighted by Gasteiger charge is 2.43. The summed E-state index contributed by atoms with van der Waals surface area (Å²) in [4.78, 5) is 80.2. The first-order chi connectivity index (χ1) is 24.8. The predicted molar refractivity (Wildman–Crippen MR) is 189 cm³/mol. The van der Waals surface area contributed by atoms with Crippen LogP contribution >= 0.6 is 31.9 Å². The Morgan fingerprint density at radius 2 is 1.10 bits per heavy atom. The van der Waals surface area contributed by atoms with E-state index in [-0.39, 0.29) is 36.8 Å². The van der Waals surface area contributed by atoms with Crippen molar-refractivity contribution in [1.29, 1.82) is 0 Å². The number of hydrogen-bond acceptors (Lipinski definition) is 14. The quantitative estimate of drug-likeness (QED) is 0.0736. The normalized spacial score (nSPS) is 24.4. The summed E-state index contributed by atoms with van der Waals surface area (Å²) in [5, 5.41) is 41.6. The summed E-state index contributed by atoms with van der Waals surface area (Å²) in [5.41, 5.74) is -2.47. The number of aliphatic hydroxyl groups is 4. The highest BCUT2D eigenvalue weighted by molar-refractivity contribution is 9.11. The Bertz CT molecular complexity index is 1710. The zero-order valence-corrected chi connectivity index (χ0v) is 30.8. The number of aromatic amines is 2. The number of unbranched alkanes of at least 4 members (excludes halogenated alkanes) is 5. The molecule has 2 unspecified atom stereocenters. The van der Waals surface area contributed by atoms with Crippen LogP contribution in [0.1, 0.15) is 87.8 Å². The number of carbonyl (C=O) groups is 2. The summed E-state index contributed by atoms with van der Waals surface area (Å²) < 4.78 is 23.4. The smallest absolute Gasteiger partial charge is 0.330 e. The molecule has 52 heavy (non-hydrogen) atoms. The van der Waals surface area contributed by atoms with E-state index in [4.69, 9.17) is 18.9 Å². The summed E-state index contributed by atoms with van der Waals surface area (Å²) in [6, 6.07) is 0. The summed E-state index contributed by atoms with van der Waals surface area (Å²) >= 11 is 6.12. The largest absolute Gasteiger partial charge is 0.433 e. The third-order valence-corrected chi connectivity index (χ3v) is 8.98. The van der Waals surface area contributed by atoms with Gasteiger partial charge >= 0.3 is 23.3 Å². The molecule has 2 aromatic heterocycles. The van der Waals surface area contributed by atoms with Crippen LogP contribution in [0.5, 0.6) is 0 Å². The van der Waals surface area contributed by atoms with Gasteiger partial charge in [-0.15, -0.1) is 0 Å². The van der Waals surface area contributed by atoms with E-state index >= 15 is 0 Å². The molecule has 4 rings (SSSR count). The van der Waals surface area contributed by atoms with Crippen molar-refractivity contribution in [2.45, 2.75) is 114 Å². The maximum absolute atomic E-state index is 12.3. The number of ether oxygens (including phenoxy) is 4. The van der Waals surface area contributed by atoms with Crippen LogP contribution in [-0.4, -0.2) is 88.5 Å². The van der Waals surface area contributed by atoms with Crippen molar-refractivity contribution in [1.82, 2.24) is 19.1 Å². The second-order valence-corrected chi connectivity index (χ2v) is 13.2. The van der Waals surface area contributed by atoms with Gasteiger partial charge in [0, 0.05) is 38.1 Å². The minimum absolute atomic E-state index is 0.00299. The molecule has 2 aromatic rings. The molecule has 0 aromatic carbocycles. The predicted octanol–water partition coefficient (Wildman–Crippen LogP) is 0.959. The van der Waals surface area contributed by atoms with E-state index in [1.807, 2.05) is 0 Å². The third-order valence-electron chi connectivity index (χ3n) is 8.45. The number of esters is 2. The van der Waals surface area contributed by atoms with E-state index in [9.17, 15) is 49.2 Å². The molecule has 18 nitrogen and oxygen atoms in total. The zero-order valence-electron chi connectivity index (χ0n) is 27.7. The van der Waals surface area contributed by atoms with Crippen molar-refractivity contribution in [3.8, 4) is 0 Å². The lowest BCUT2D eigenvalue weighted by atomic mass is 10.1. The van der Waals surface area contributed by atoms with E-state index in [2.05, 4.69) is 41.8 Å². The first-order valence-corrected chi connectivity index (χ1v) is 18.3. The molecule has 0 bridgehead atoms. The maximum Gasteiger partial charge on any atom is 0.330 e. The summed E-state index contributed by atoms with van der Waals surface area (Å²) in [6.45, 7) is 0. The van der Waals surface area contributed by atoms with Crippen LogP contribution < -0.4 is 22.5 Å². The van der Waals surface area contributed by atoms with Gasteiger partial charge < -0.3 is 39.4 Å². The second kappa shape index (κ2) is 19.5. The minimum Gasteiger partial charge on any atom is -0.433 e. The molecular weight excluding hydrogens is 824 g/mol. The Balaban J connectivity index is 1.09. The number of nitrogens with one attached hydrogen (secondary N) is 2. The van der Waals surface area contributed by atoms with E-state index in [0.717, 1.165) is 22.0 Å². The van der Waals surface area contributed by atoms with Gasteiger partial charge in [0.05, 0.1) is 23.3 Å². The van der Waals surface area contributed by atoms with Gasteiger partial charge in [0.1, 0.15) is 24.7 Å². The Labute approximate surface area is 311 Å². The molecule has 2 aliphatic rings. The van der Waals surface area contributed by atoms with Gasteiger partial charge in [-0.3, -0.25) is 38.3 Å². The van der Waals surface area contributed by atoms with Crippen LogP contribution in [0.2, 0.25) is 0 Å². The fourth-order valence-electron chi connectivity index (χ4n) is 5.78. The number of hydrogen-bond donors (Lipinski definition) is 6. The number of rotatable bonds is 17. The van der Waals surface area contributed by atoms with Crippen molar-refractivity contribution in [2.24, 2.45) is 0 Å². The average Bonchev–Trinajstić information content (AvgIpc) is 3.67. The van der Waals surface area contributed by atoms with Crippen molar-refractivity contribution in [3.63, 3.8) is 0 Å². The number of aliphatic hydroxyl groups excluding tert-OH is 4. The van der Waals surface area contributed by atoms with E-state index in [1.165, 1.54) is 34.5 Å². The lowest BCUT2D eigenvalue weighted by Crippen LogP contribution is -2.38. The fraction of sp³-hybridized carbons (Fsp3) is 0.562. The molecule has 6 N–H and O–H groups in total. The molecule has 2 saturated heterocycles. The molecule has 4 heterocycles. The van der Waals surface area contributed by atoms with Gasteiger partial charge in [-0.2, -0.15) is 0 Å². The number of aromatic nitrogens is 4. The molecule has 0 amide bonds. The number of H-pyrrole nitrogens is 2. The first-order valence-electron chi connectivity index (χ1n) is 16.5. The third kappa shape index (κ3) is 11.0. The molecule has 286 valence electrons. The maximum atomic E-state index is 12.3. The molecule has 2 fully saturated rings. The summed E-state index contributed by atoms with van der Waals surface area (Å²) in [7, 11) is 0. The summed E-state index contributed by atoms with van der Waals surface area (Å²) in [5.74, 6) is -1.41. The molecule has 0 spiro atoms. The highest BCUT2D eigenvalue weighted by Crippen LogP contribution is 2.31. The van der Waals surface area contributed by atoms with Crippen LogP contribution in [0.15, 0.2) is 41.5 Å². The lowest BCUT2D eigenvalue weighted by molar-refractivity contribution is -0.204. The van der Waals surface area contributed by atoms with Crippen molar-refractivity contribution in [3.05, 3.63) is 75.2 Å². The monoisotopic (exact) mass is 862 g/mol. The van der Waals surface area contributed by atoms with E-state index < -0.39 is 83.9 Å². The number of carbonyl (C=O) groups excluding carboxylic acids is 2. The van der Waals surface area contributed by atoms with E-state index in [0.29, 0.717) is 25.7 Å². The minimum atomic E-state index is -1.79. The van der Waals surface area contributed by atoms with Crippen LogP contribution in [-0.2, 0) is 28.5 Å². The summed E-state index contributed by atoms with van der Waals surface area (Å²) in [6.07, 6.45) is -1.91. The van der Waals surface area contributed by atoms with Gasteiger partial charge in [-0.25, -0.2) is 9.59 Å². The standard InChI is InChI=1S/C32H40Br2N4O14/c33-11-9-17-15-37(31(47)35-27(17)43)21-13-19(39)25(49-21)29(45)51-23(41)7-5-3-1-2-4-6-8-24(42)52-30(46)26-20(40)14-22(50-26)38-16-18(10-12-34)28(44)36-32(38)48/h9-12,15-16,19-22,25-26,29-30,39-40,45-46H,1-8,13-14H2,(H,35,43,47)(H,36,44,48)/b11-9+,12-10+/t19-,20-,21+,22+,25-,26-,29?,30?/m0/s1. The highest BCUT2D eigenvalue weighted by atomic mass is 79.9. The van der Waals surface area contributed by atoms with Crippen LogP contribution in [0.3, 0.4) is 0 Å². The Morgan fingerprint density at radius 3 is 1.46 bits per heavy atom. The molecule has 2 aliphatic heterocycles. The fourth-order valence-corrected chi connectivity index (χ4v) is 6.35. The average molecular weight is 864 g/mol. The van der Waals surface area contributed by atoms with Gasteiger partial charge in [0.25, 0.3) is 11.1 Å². The molecule has 8 atom stereocenters. The Morgan fingerprint density at radius 1 is 0.731 bits per heavy atom. The Hall–Kier alpha value is -3.50. The van der Waals surface area contributed by atoms with Crippen LogP contribution in [0.25, 0.3) is 12.2 Å². The van der Waals surface area contributed by atoms with Gasteiger partial charge in [0.15, 0.2) is 0 Å². The molecular formula is C32H40Br2N4O14. The van der Waals surface area contributed by atoms with Gasteiger partial charge in [-0.05, 0) is 35.0 Å². The van der Waals surface area contributed by atoms with Crippen LogP contribution in [0.4, 0.5) is 0 Å². The Kier molecular flexibility index (Phi) is 15.5. The molecule has 20 heteroatoms. The van der Waals surface area contributed by atoms with Gasteiger partial charge in [0.2, 0.25) is 12.6 Å². The molecule has 0 aliphatic carbocycles. The second-order valence-electron chi connectivity index (χ2n) is 12.2.